The van der Waals surface area contributed by atoms with Gasteiger partial charge in [-0.3, -0.25) is 25.2 Å². The van der Waals surface area contributed by atoms with Crippen LogP contribution in [-0.2, 0) is 9.59 Å². The van der Waals surface area contributed by atoms with Gasteiger partial charge in [-0.25, -0.2) is 0 Å². The molecule has 0 saturated carbocycles. The van der Waals surface area contributed by atoms with Crippen LogP contribution in [0, 0.1) is 11.3 Å². The van der Waals surface area contributed by atoms with E-state index in [2.05, 4.69) is 22.2 Å². The van der Waals surface area contributed by atoms with Crippen LogP contribution in [-0.4, -0.2) is 42.4 Å². The van der Waals surface area contributed by atoms with Gasteiger partial charge in [0, 0.05) is 0 Å². The van der Waals surface area contributed by atoms with Crippen molar-refractivity contribution in [2.75, 3.05) is 18.6 Å². The first kappa shape index (κ1) is 25.4. The zero-order valence-electron chi connectivity index (χ0n) is 18.9. The van der Waals surface area contributed by atoms with Gasteiger partial charge in [-0.1, -0.05) is 24.3 Å². The maximum absolute atomic E-state index is 12.5. The van der Waals surface area contributed by atoms with Crippen molar-refractivity contribution in [3.05, 3.63) is 78.3 Å². The maximum atomic E-state index is 12.5. The van der Waals surface area contributed by atoms with Gasteiger partial charge in [-0.15, -0.1) is 0 Å². The number of nitriles is 1. The zero-order chi connectivity index (χ0) is 25.0. The molecule has 1 unspecified atom stereocenters. The Kier molecular flexibility index (Phi) is 9.33. The largest absolute Gasteiger partial charge is 0.484 e. The van der Waals surface area contributed by atoms with Gasteiger partial charge in [0.05, 0.1) is 17.9 Å². The maximum Gasteiger partial charge on any atom is 0.287 e. The summed E-state index contributed by atoms with van der Waals surface area (Å²) >= 11 is 1.53. The molecule has 1 aromatic heterocycles. The molecule has 3 amide bonds. The molecule has 1 atom stereocenters. The molecule has 9 nitrogen and oxygen atoms in total. The fraction of sp³-hybridized carbons (Fsp3) is 0.200. The van der Waals surface area contributed by atoms with Crippen molar-refractivity contribution in [3.63, 3.8) is 0 Å². The summed E-state index contributed by atoms with van der Waals surface area (Å²) in [5.74, 6) is -0.432. The molecule has 180 valence electrons. The summed E-state index contributed by atoms with van der Waals surface area (Å²) in [6, 6.07) is 18.6. The summed E-state index contributed by atoms with van der Waals surface area (Å²) in [4.78, 5) is 36.9. The van der Waals surface area contributed by atoms with Crippen molar-refractivity contribution in [2.45, 2.75) is 12.5 Å². The SMILES string of the molecule is CSCCC(NC(=O)c1ccco1)C(=O)NNC(=O)COc1ccc(-c2ccc(C#N)cc2)cc1. The lowest BCUT2D eigenvalue weighted by atomic mass is 10.0. The number of nitrogens with one attached hydrogen (secondary N) is 3. The van der Waals surface area contributed by atoms with E-state index in [9.17, 15) is 14.4 Å². The van der Waals surface area contributed by atoms with Crippen molar-refractivity contribution in [1.29, 1.82) is 5.26 Å². The highest BCUT2D eigenvalue weighted by Crippen LogP contribution is 2.22. The fourth-order valence-electron chi connectivity index (χ4n) is 3.03. The van der Waals surface area contributed by atoms with E-state index in [1.54, 1.807) is 30.3 Å². The lowest BCUT2D eigenvalue weighted by Gasteiger charge is -2.18. The molecule has 0 bridgehead atoms. The Bertz CT molecular complexity index is 1170. The normalized spacial score (nSPS) is 11.1. The Balaban J connectivity index is 1.46. The molecule has 3 rings (SSSR count). The van der Waals surface area contributed by atoms with Crippen molar-refractivity contribution in [3.8, 4) is 22.9 Å². The highest BCUT2D eigenvalue weighted by Gasteiger charge is 2.22. The van der Waals surface area contributed by atoms with Gasteiger partial charge in [0.15, 0.2) is 12.4 Å². The third-order valence-corrected chi connectivity index (χ3v) is 5.52. The standard InChI is InChI=1S/C25H24N4O5S/c1-35-14-12-21(27-25(32)22-3-2-13-33-22)24(31)29-28-23(30)16-34-20-10-8-19(9-11-20)18-6-4-17(15-26)5-7-18/h2-11,13,21H,12,14,16H2,1H3,(H,27,32)(H,28,30)(H,29,31). The van der Waals surface area contributed by atoms with E-state index in [0.717, 1.165) is 11.1 Å². The van der Waals surface area contributed by atoms with E-state index in [4.69, 9.17) is 14.4 Å². The molecule has 0 aliphatic heterocycles. The van der Waals surface area contributed by atoms with Crippen LogP contribution in [0.5, 0.6) is 5.75 Å². The highest BCUT2D eigenvalue weighted by atomic mass is 32.2. The number of hydrogen-bond donors (Lipinski definition) is 3. The summed E-state index contributed by atoms with van der Waals surface area (Å²) in [5.41, 5.74) is 7.09. The first-order valence-corrected chi connectivity index (χ1v) is 12.0. The van der Waals surface area contributed by atoms with Crippen LogP contribution in [0.15, 0.2) is 71.3 Å². The number of thioether (sulfide) groups is 1. The predicted molar refractivity (Wildman–Crippen MR) is 131 cm³/mol. The molecule has 35 heavy (non-hydrogen) atoms. The first-order valence-electron chi connectivity index (χ1n) is 10.7. The third-order valence-electron chi connectivity index (χ3n) is 4.87. The number of carbonyl (C=O) groups excluding carboxylic acids is 3. The molecule has 0 fully saturated rings. The van der Waals surface area contributed by atoms with Crippen LogP contribution >= 0.6 is 11.8 Å². The molecule has 0 saturated heterocycles. The minimum atomic E-state index is -0.851. The second kappa shape index (κ2) is 12.9. The summed E-state index contributed by atoms with van der Waals surface area (Å²) in [6.45, 7) is -0.315. The molecular weight excluding hydrogens is 468 g/mol. The summed E-state index contributed by atoms with van der Waals surface area (Å²) in [7, 11) is 0. The summed E-state index contributed by atoms with van der Waals surface area (Å²) in [6.07, 6.45) is 3.63. The summed E-state index contributed by atoms with van der Waals surface area (Å²) in [5, 5.41) is 11.5. The van der Waals surface area contributed by atoms with Crippen molar-refractivity contribution < 1.29 is 23.5 Å². The van der Waals surface area contributed by atoms with Crippen LogP contribution in [0.2, 0.25) is 0 Å². The summed E-state index contributed by atoms with van der Waals surface area (Å²) < 4.78 is 10.5. The van der Waals surface area contributed by atoms with Crippen LogP contribution in [0.4, 0.5) is 0 Å². The van der Waals surface area contributed by atoms with Crippen LogP contribution in [0.25, 0.3) is 11.1 Å². The minimum Gasteiger partial charge on any atom is -0.484 e. The number of amides is 3. The van der Waals surface area contributed by atoms with Crippen molar-refractivity contribution >= 4 is 29.5 Å². The quantitative estimate of drug-likeness (QED) is 0.371. The average molecular weight is 493 g/mol. The lowest BCUT2D eigenvalue weighted by Crippen LogP contribution is -2.53. The molecule has 0 aliphatic carbocycles. The lowest BCUT2D eigenvalue weighted by molar-refractivity contribution is -0.130. The van der Waals surface area contributed by atoms with Gasteiger partial charge in [-0.2, -0.15) is 17.0 Å². The second-order valence-corrected chi connectivity index (χ2v) is 8.31. The molecule has 1 heterocycles. The molecule has 3 N–H and O–H groups in total. The third kappa shape index (κ3) is 7.65. The first-order chi connectivity index (χ1) is 17.0. The van der Waals surface area contributed by atoms with E-state index < -0.39 is 23.8 Å². The van der Waals surface area contributed by atoms with Gasteiger partial charge < -0.3 is 14.5 Å². The second-order valence-electron chi connectivity index (χ2n) is 7.32. The van der Waals surface area contributed by atoms with Gasteiger partial charge in [0.25, 0.3) is 17.7 Å². The van der Waals surface area contributed by atoms with Gasteiger partial charge in [-0.05, 0) is 66.0 Å². The number of furan rings is 1. The molecule has 0 radical (unpaired) electrons. The number of nitrogens with zero attached hydrogens (tertiary/aromatic N) is 1. The molecule has 3 aromatic rings. The van der Waals surface area contributed by atoms with Crippen LogP contribution < -0.4 is 20.9 Å². The number of ether oxygens (including phenoxy) is 1. The Morgan fingerprint density at radius 2 is 1.71 bits per heavy atom. The van der Waals surface area contributed by atoms with Crippen LogP contribution in [0.1, 0.15) is 22.5 Å². The molecule has 10 heteroatoms. The Labute approximate surface area is 206 Å². The number of carbonyl (C=O) groups is 3. The van der Waals surface area contributed by atoms with E-state index in [1.807, 2.05) is 30.5 Å². The highest BCUT2D eigenvalue weighted by molar-refractivity contribution is 7.98. The number of rotatable bonds is 10. The number of hydrazine groups is 1. The van der Waals surface area contributed by atoms with E-state index in [-0.39, 0.29) is 12.4 Å². The smallest absolute Gasteiger partial charge is 0.287 e. The minimum absolute atomic E-state index is 0.0922. The number of hydrogen-bond acceptors (Lipinski definition) is 7. The van der Waals surface area contributed by atoms with Gasteiger partial charge in [0.1, 0.15) is 11.8 Å². The molecule has 0 aliphatic rings. The molecular formula is C25H24N4O5S. The van der Waals surface area contributed by atoms with Crippen molar-refractivity contribution in [1.82, 2.24) is 16.2 Å². The molecule has 2 aromatic carbocycles. The fourth-order valence-corrected chi connectivity index (χ4v) is 3.50. The van der Waals surface area contributed by atoms with E-state index in [0.29, 0.717) is 23.5 Å². The topological polar surface area (TPSA) is 133 Å². The van der Waals surface area contributed by atoms with Gasteiger partial charge >= 0.3 is 0 Å². The Hall–Kier alpha value is -4.23. The van der Waals surface area contributed by atoms with Crippen molar-refractivity contribution in [2.24, 2.45) is 0 Å². The Morgan fingerprint density at radius 3 is 2.31 bits per heavy atom. The van der Waals surface area contributed by atoms with Crippen LogP contribution in [0.3, 0.4) is 0 Å². The van der Waals surface area contributed by atoms with Gasteiger partial charge in [0.2, 0.25) is 0 Å². The monoisotopic (exact) mass is 492 g/mol. The average Bonchev–Trinajstić information content (AvgIpc) is 3.44. The van der Waals surface area contributed by atoms with E-state index in [1.165, 1.54) is 24.1 Å². The molecule has 0 spiro atoms. The van der Waals surface area contributed by atoms with E-state index >= 15 is 0 Å². The Morgan fingerprint density at radius 1 is 1.03 bits per heavy atom. The zero-order valence-corrected chi connectivity index (χ0v) is 19.8. The predicted octanol–water partition coefficient (Wildman–Crippen LogP) is 2.90. The number of benzene rings is 2.